The second kappa shape index (κ2) is 5.38. The number of carboxylic acid groups (broad SMARTS) is 1. The van der Waals surface area contributed by atoms with Gasteiger partial charge in [0.25, 0.3) is 5.91 Å². The summed E-state index contributed by atoms with van der Waals surface area (Å²) in [5.41, 5.74) is 0.172. The van der Waals surface area contributed by atoms with Gasteiger partial charge in [0.15, 0.2) is 0 Å². The number of carbonyl (C=O) groups excluding carboxylic acids is 1. The highest BCUT2D eigenvalue weighted by Crippen LogP contribution is 2.29. The van der Waals surface area contributed by atoms with Crippen LogP contribution in [0.15, 0.2) is 24.3 Å². The van der Waals surface area contributed by atoms with E-state index in [-0.39, 0.29) is 16.1 Å². The third-order valence-corrected chi connectivity index (χ3v) is 3.79. The summed E-state index contributed by atoms with van der Waals surface area (Å²) in [7, 11) is 1.40. The van der Waals surface area contributed by atoms with Crippen molar-refractivity contribution in [1.82, 2.24) is 4.37 Å². The zero-order chi connectivity index (χ0) is 14.9. The molecular formula is C13H11FN2O3S. The molecule has 1 N–H and O–H groups in total. The highest BCUT2D eigenvalue weighted by Gasteiger charge is 2.25. The molecule has 1 aromatic heterocycles. The Morgan fingerprint density at radius 2 is 2.00 bits per heavy atom. The van der Waals surface area contributed by atoms with Crippen LogP contribution in [0, 0.1) is 12.7 Å². The molecular weight excluding hydrogens is 283 g/mol. The van der Waals surface area contributed by atoms with Crippen molar-refractivity contribution in [1.29, 1.82) is 0 Å². The zero-order valence-corrected chi connectivity index (χ0v) is 11.6. The van der Waals surface area contributed by atoms with E-state index in [9.17, 15) is 14.0 Å². The normalized spacial score (nSPS) is 10.3. The molecule has 104 valence electrons. The van der Waals surface area contributed by atoms with E-state index in [4.69, 9.17) is 5.11 Å². The summed E-state index contributed by atoms with van der Waals surface area (Å²) in [6, 6.07) is 5.55. The zero-order valence-electron chi connectivity index (χ0n) is 10.8. The van der Waals surface area contributed by atoms with Gasteiger partial charge in [0.1, 0.15) is 16.4 Å². The predicted molar refractivity (Wildman–Crippen MR) is 72.9 cm³/mol. The average molecular weight is 294 g/mol. The van der Waals surface area contributed by atoms with Crippen LogP contribution in [0.25, 0.3) is 0 Å². The number of carboxylic acids is 1. The van der Waals surface area contributed by atoms with E-state index < -0.39 is 17.7 Å². The molecule has 0 aliphatic heterocycles. The van der Waals surface area contributed by atoms with Crippen LogP contribution in [0.4, 0.5) is 9.39 Å². The molecule has 1 amide bonds. The van der Waals surface area contributed by atoms with Crippen LogP contribution < -0.4 is 4.90 Å². The van der Waals surface area contributed by atoms with Crippen LogP contribution in [0.1, 0.15) is 26.4 Å². The van der Waals surface area contributed by atoms with E-state index in [1.165, 1.54) is 25.2 Å². The van der Waals surface area contributed by atoms with Gasteiger partial charge in [-0.2, -0.15) is 4.37 Å². The third kappa shape index (κ3) is 2.39. The Labute approximate surface area is 118 Å². The quantitative estimate of drug-likeness (QED) is 0.944. The van der Waals surface area contributed by atoms with E-state index in [2.05, 4.69) is 4.37 Å². The molecule has 5 nitrogen and oxygen atoms in total. The first-order chi connectivity index (χ1) is 9.43. The molecule has 0 saturated carbocycles. The Bertz CT molecular complexity index is 684. The molecule has 0 aliphatic carbocycles. The van der Waals surface area contributed by atoms with E-state index in [0.717, 1.165) is 16.4 Å². The Hall–Kier alpha value is -2.28. The monoisotopic (exact) mass is 294 g/mol. The lowest BCUT2D eigenvalue weighted by molar-refractivity contribution is 0.0697. The molecule has 0 unspecified atom stereocenters. The summed E-state index contributed by atoms with van der Waals surface area (Å²) in [5, 5.41) is 9.33. The molecule has 0 bridgehead atoms. The summed E-state index contributed by atoms with van der Waals surface area (Å²) in [6.07, 6.45) is 0. The van der Waals surface area contributed by atoms with Gasteiger partial charge in [0.05, 0.1) is 11.3 Å². The summed E-state index contributed by atoms with van der Waals surface area (Å²) in [6.45, 7) is 1.55. The number of amides is 1. The first-order valence-corrected chi connectivity index (χ1v) is 6.43. The number of aryl methyl sites for hydroxylation is 1. The predicted octanol–water partition coefficient (Wildman–Crippen LogP) is 2.57. The minimum absolute atomic E-state index is 0.0396. The number of aromatic nitrogens is 1. The van der Waals surface area contributed by atoms with Crippen molar-refractivity contribution in [2.75, 3.05) is 11.9 Å². The highest BCUT2D eigenvalue weighted by atomic mass is 32.1. The number of halogens is 1. The Morgan fingerprint density at radius 3 is 2.60 bits per heavy atom. The minimum Gasteiger partial charge on any atom is -0.478 e. The lowest BCUT2D eigenvalue weighted by Crippen LogP contribution is -2.27. The minimum atomic E-state index is -1.17. The SMILES string of the molecule is Cc1nsc(N(C)C(=O)c2ccccc2F)c1C(=O)O. The van der Waals surface area contributed by atoms with Gasteiger partial charge in [-0.25, -0.2) is 9.18 Å². The molecule has 0 saturated heterocycles. The molecule has 0 radical (unpaired) electrons. The standard InChI is InChI=1S/C13H11FN2O3S/c1-7-10(13(18)19)12(20-15-7)16(2)11(17)8-5-3-4-6-9(8)14/h3-6H,1-2H3,(H,18,19). The van der Waals surface area contributed by atoms with Crippen LogP contribution >= 0.6 is 11.5 Å². The van der Waals surface area contributed by atoms with Crippen molar-refractivity contribution in [3.8, 4) is 0 Å². The topological polar surface area (TPSA) is 70.5 Å². The summed E-state index contributed by atoms with van der Waals surface area (Å²) < 4.78 is 17.5. The Kier molecular flexibility index (Phi) is 3.80. The van der Waals surface area contributed by atoms with Crippen molar-refractivity contribution in [2.24, 2.45) is 0 Å². The second-order valence-electron chi connectivity index (χ2n) is 4.10. The summed E-state index contributed by atoms with van der Waals surface area (Å²) >= 11 is 0.893. The average Bonchev–Trinajstić information content (AvgIpc) is 2.79. The molecule has 1 heterocycles. The van der Waals surface area contributed by atoms with Gasteiger partial charge in [-0.3, -0.25) is 4.79 Å². The molecule has 20 heavy (non-hydrogen) atoms. The summed E-state index contributed by atoms with van der Waals surface area (Å²) in [5.74, 6) is -2.43. The van der Waals surface area contributed by atoms with Gasteiger partial charge in [0, 0.05) is 7.05 Å². The van der Waals surface area contributed by atoms with E-state index in [0.29, 0.717) is 5.69 Å². The Morgan fingerprint density at radius 1 is 1.35 bits per heavy atom. The van der Waals surface area contributed by atoms with Gasteiger partial charge in [-0.05, 0) is 30.6 Å². The van der Waals surface area contributed by atoms with E-state index in [1.54, 1.807) is 13.0 Å². The lowest BCUT2D eigenvalue weighted by Gasteiger charge is -2.16. The van der Waals surface area contributed by atoms with Crippen molar-refractivity contribution in [3.63, 3.8) is 0 Å². The second-order valence-corrected chi connectivity index (χ2v) is 4.85. The van der Waals surface area contributed by atoms with Crippen LogP contribution in [-0.4, -0.2) is 28.4 Å². The van der Waals surface area contributed by atoms with E-state index in [1.807, 2.05) is 0 Å². The first kappa shape index (κ1) is 14.1. The fourth-order valence-electron chi connectivity index (χ4n) is 1.74. The van der Waals surface area contributed by atoms with Gasteiger partial charge in [-0.15, -0.1) is 0 Å². The maximum absolute atomic E-state index is 13.6. The van der Waals surface area contributed by atoms with Crippen molar-refractivity contribution in [3.05, 3.63) is 46.9 Å². The van der Waals surface area contributed by atoms with Gasteiger partial charge < -0.3 is 10.0 Å². The third-order valence-electron chi connectivity index (χ3n) is 2.77. The van der Waals surface area contributed by atoms with Crippen molar-refractivity contribution >= 4 is 28.4 Å². The van der Waals surface area contributed by atoms with Crippen molar-refractivity contribution in [2.45, 2.75) is 6.92 Å². The molecule has 2 rings (SSSR count). The summed E-state index contributed by atoms with van der Waals surface area (Å²) in [4.78, 5) is 24.5. The van der Waals surface area contributed by atoms with E-state index >= 15 is 0 Å². The van der Waals surface area contributed by atoms with Crippen LogP contribution in [-0.2, 0) is 0 Å². The number of rotatable bonds is 3. The molecule has 1 aromatic carbocycles. The maximum atomic E-state index is 13.6. The van der Waals surface area contributed by atoms with Crippen molar-refractivity contribution < 1.29 is 19.1 Å². The Balaban J connectivity index is 2.42. The molecule has 0 fully saturated rings. The van der Waals surface area contributed by atoms with Gasteiger partial charge in [0.2, 0.25) is 0 Å². The molecule has 2 aromatic rings. The fraction of sp³-hybridized carbons (Fsp3) is 0.154. The number of benzene rings is 1. The fourth-order valence-corrected chi connectivity index (χ4v) is 2.59. The maximum Gasteiger partial charge on any atom is 0.340 e. The molecule has 0 atom stereocenters. The number of aromatic carboxylic acids is 1. The molecule has 0 aliphatic rings. The number of nitrogens with zero attached hydrogens (tertiary/aromatic N) is 2. The van der Waals surface area contributed by atoms with Crippen LogP contribution in [0.2, 0.25) is 0 Å². The number of carbonyl (C=O) groups is 2. The van der Waals surface area contributed by atoms with Gasteiger partial charge in [-0.1, -0.05) is 12.1 Å². The highest BCUT2D eigenvalue weighted by molar-refractivity contribution is 7.11. The van der Waals surface area contributed by atoms with Gasteiger partial charge >= 0.3 is 5.97 Å². The lowest BCUT2D eigenvalue weighted by atomic mass is 10.2. The first-order valence-electron chi connectivity index (χ1n) is 5.65. The molecule has 7 heteroatoms. The smallest absolute Gasteiger partial charge is 0.340 e. The largest absolute Gasteiger partial charge is 0.478 e. The molecule has 0 spiro atoms. The number of anilines is 1. The van der Waals surface area contributed by atoms with Crippen LogP contribution in [0.3, 0.4) is 0 Å². The van der Waals surface area contributed by atoms with Crippen LogP contribution in [0.5, 0.6) is 0 Å². The number of hydrogen-bond acceptors (Lipinski definition) is 4. The number of hydrogen-bond donors (Lipinski definition) is 1.